The summed E-state index contributed by atoms with van der Waals surface area (Å²) in [5.41, 5.74) is 0. The second-order valence-corrected chi connectivity index (χ2v) is 6.48. The van der Waals surface area contributed by atoms with Gasteiger partial charge in [-0.25, -0.2) is 9.97 Å². The highest BCUT2D eigenvalue weighted by Gasteiger charge is 2.16. The molecule has 0 fully saturated rings. The van der Waals surface area contributed by atoms with Gasteiger partial charge < -0.3 is 5.32 Å². The lowest BCUT2D eigenvalue weighted by molar-refractivity contribution is 0.797. The molecule has 3 nitrogen and oxygen atoms in total. The van der Waals surface area contributed by atoms with E-state index in [1.165, 1.54) is 0 Å². The van der Waals surface area contributed by atoms with E-state index in [9.17, 15) is 0 Å². The van der Waals surface area contributed by atoms with Gasteiger partial charge in [0, 0.05) is 18.0 Å². The second kappa shape index (κ2) is 4.49. The van der Waals surface area contributed by atoms with Crippen molar-refractivity contribution in [2.75, 3.05) is 12.4 Å². The van der Waals surface area contributed by atoms with Crippen LogP contribution in [0.4, 0.5) is 5.95 Å². The third-order valence-corrected chi connectivity index (χ3v) is 3.30. The Bertz CT molecular complexity index is 322. The number of hydrogen-bond acceptors (Lipinski definition) is 4. The van der Waals surface area contributed by atoms with Crippen molar-refractivity contribution in [3.63, 3.8) is 0 Å². The number of halogens is 1. The Kier molecular flexibility index (Phi) is 3.78. The molecule has 0 atom stereocenters. The number of thioether (sulfide) groups is 1. The Hall–Kier alpha value is -0.290. The molecule has 0 amide bonds. The molecule has 1 aromatic rings. The summed E-state index contributed by atoms with van der Waals surface area (Å²) < 4.78 is 1.10. The zero-order chi connectivity index (χ0) is 10.8. The van der Waals surface area contributed by atoms with Crippen LogP contribution >= 0.6 is 27.7 Å². The van der Waals surface area contributed by atoms with Crippen molar-refractivity contribution in [1.29, 1.82) is 0 Å². The van der Waals surface area contributed by atoms with Crippen LogP contribution in [0.5, 0.6) is 0 Å². The fourth-order valence-corrected chi connectivity index (χ4v) is 2.13. The molecule has 0 radical (unpaired) electrons. The van der Waals surface area contributed by atoms with E-state index in [0.29, 0.717) is 5.95 Å². The maximum Gasteiger partial charge on any atom is 0.223 e. The van der Waals surface area contributed by atoms with Gasteiger partial charge in [0.15, 0.2) is 0 Å². The van der Waals surface area contributed by atoms with Gasteiger partial charge >= 0.3 is 0 Å². The lowest BCUT2D eigenvalue weighted by atomic mass is 10.3. The summed E-state index contributed by atoms with van der Waals surface area (Å²) >= 11 is 5.16. The molecule has 0 aliphatic heterocycles. The third kappa shape index (κ3) is 3.46. The first-order valence-electron chi connectivity index (χ1n) is 4.31. The summed E-state index contributed by atoms with van der Waals surface area (Å²) in [6, 6.07) is 0. The molecule has 0 aliphatic carbocycles. The average molecular weight is 276 g/mol. The Balaban J connectivity index is 2.95. The number of nitrogens with zero attached hydrogens (tertiary/aromatic N) is 2. The van der Waals surface area contributed by atoms with E-state index in [0.717, 1.165) is 9.50 Å². The van der Waals surface area contributed by atoms with Crippen LogP contribution in [0.25, 0.3) is 0 Å². The van der Waals surface area contributed by atoms with Crippen LogP contribution in [0.2, 0.25) is 0 Å². The molecule has 0 spiro atoms. The number of hydrogen-bond donors (Lipinski definition) is 1. The Morgan fingerprint density at radius 1 is 1.43 bits per heavy atom. The first-order chi connectivity index (χ1) is 6.42. The zero-order valence-electron chi connectivity index (χ0n) is 8.76. The van der Waals surface area contributed by atoms with Crippen LogP contribution in [-0.4, -0.2) is 21.8 Å². The van der Waals surface area contributed by atoms with Crippen LogP contribution in [-0.2, 0) is 0 Å². The molecule has 1 N–H and O–H groups in total. The van der Waals surface area contributed by atoms with E-state index in [1.807, 2.05) is 7.05 Å². The van der Waals surface area contributed by atoms with Crippen LogP contribution < -0.4 is 5.32 Å². The minimum absolute atomic E-state index is 0.155. The van der Waals surface area contributed by atoms with Crippen molar-refractivity contribution < 1.29 is 0 Å². The second-order valence-electron chi connectivity index (χ2n) is 3.81. The van der Waals surface area contributed by atoms with Crippen molar-refractivity contribution in [2.45, 2.75) is 30.5 Å². The Morgan fingerprint density at radius 3 is 2.57 bits per heavy atom. The van der Waals surface area contributed by atoms with E-state index < -0.39 is 0 Å². The van der Waals surface area contributed by atoms with E-state index in [1.54, 1.807) is 18.0 Å². The summed E-state index contributed by atoms with van der Waals surface area (Å²) in [5.74, 6) is 0.653. The monoisotopic (exact) mass is 275 g/mol. The number of aromatic nitrogens is 2. The van der Waals surface area contributed by atoms with Gasteiger partial charge in [-0.3, -0.25) is 0 Å². The smallest absolute Gasteiger partial charge is 0.223 e. The van der Waals surface area contributed by atoms with Gasteiger partial charge in [-0.1, -0.05) is 32.5 Å². The normalized spacial score (nSPS) is 11.5. The third-order valence-electron chi connectivity index (χ3n) is 1.34. The summed E-state index contributed by atoms with van der Waals surface area (Å²) in [6.07, 6.45) is 1.77. The number of nitrogens with one attached hydrogen (secondary N) is 1. The van der Waals surface area contributed by atoms with E-state index in [4.69, 9.17) is 0 Å². The van der Waals surface area contributed by atoms with Gasteiger partial charge in [0.25, 0.3) is 0 Å². The van der Waals surface area contributed by atoms with Gasteiger partial charge in [0.05, 0.1) is 4.47 Å². The van der Waals surface area contributed by atoms with Crippen molar-refractivity contribution in [3.8, 4) is 0 Å². The van der Waals surface area contributed by atoms with Gasteiger partial charge in [-0.2, -0.15) is 0 Å². The Morgan fingerprint density at radius 2 is 2.07 bits per heavy atom. The molecule has 0 aliphatic rings. The van der Waals surface area contributed by atoms with E-state index >= 15 is 0 Å². The zero-order valence-corrected chi connectivity index (χ0v) is 11.2. The fraction of sp³-hybridized carbons (Fsp3) is 0.556. The molecule has 0 unspecified atom stereocenters. The van der Waals surface area contributed by atoms with E-state index in [2.05, 4.69) is 52.0 Å². The number of anilines is 1. The molecular weight excluding hydrogens is 262 g/mol. The van der Waals surface area contributed by atoms with Crippen molar-refractivity contribution in [1.82, 2.24) is 9.97 Å². The molecule has 0 saturated carbocycles. The summed E-state index contributed by atoms with van der Waals surface area (Å²) in [5, 5.41) is 3.89. The molecule has 78 valence electrons. The highest BCUT2D eigenvalue weighted by Crippen LogP contribution is 2.35. The van der Waals surface area contributed by atoms with Crippen molar-refractivity contribution >= 4 is 33.6 Å². The quantitative estimate of drug-likeness (QED) is 0.665. The molecule has 0 bridgehead atoms. The SMILES string of the molecule is CNc1ncc(Br)c(SC(C)(C)C)n1. The van der Waals surface area contributed by atoms with Gasteiger partial charge in [0.2, 0.25) is 5.95 Å². The summed E-state index contributed by atoms with van der Waals surface area (Å²) in [7, 11) is 1.81. The Labute approximate surface area is 97.2 Å². The summed E-state index contributed by atoms with van der Waals surface area (Å²) in [6.45, 7) is 6.47. The molecule has 1 aromatic heterocycles. The largest absolute Gasteiger partial charge is 0.357 e. The summed E-state index contributed by atoms with van der Waals surface area (Å²) in [4.78, 5) is 8.47. The minimum Gasteiger partial charge on any atom is -0.357 e. The van der Waals surface area contributed by atoms with Gasteiger partial charge in [0.1, 0.15) is 5.03 Å². The lowest BCUT2D eigenvalue weighted by Crippen LogP contribution is -2.08. The first kappa shape index (κ1) is 11.8. The number of rotatable bonds is 2. The van der Waals surface area contributed by atoms with Gasteiger partial charge in [-0.05, 0) is 15.9 Å². The maximum atomic E-state index is 4.37. The molecule has 5 heteroatoms. The van der Waals surface area contributed by atoms with Crippen molar-refractivity contribution in [3.05, 3.63) is 10.7 Å². The van der Waals surface area contributed by atoms with Gasteiger partial charge in [-0.15, -0.1) is 0 Å². The maximum absolute atomic E-state index is 4.37. The van der Waals surface area contributed by atoms with Crippen molar-refractivity contribution in [2.24, 2.45) is 0 Å². The molecule has 0 aromatic carbocycles. The standard InChI is InChI=1S/C9H14BrN3S/c1-9(2,3)14-7-6(10)5-12-8(11-4)13-7/h5H,1-4H3,(H,11,12,13). The molecule has 0 saturated heterocycles. The first-order valence-corrected chi connectivity index (χ1v) is 5.92. The molecule has 14 heavy (non-hydrogen) atoms. The van der Waals surface area contributed by atoms with Crippen LogP contribution in [0, 0.1) is 0 Å². The molecule has 1 heterocycles. The lowest BCUT2D eigenvalue weighted by Gasteiger charge is -2.17. The van der Waals surface area contributed by atoms with Crippen LogP contribution in [0.15, 0.2) is 15.7 Å². The fourth-order valence-electron chi connectivity index (χ4n) is 0.834. The van der Waals surface area contributed by atoms with E-state index in [-0.39, 0.29) is 4.75 Å². The predicted octanol–water partition coefficient (Wildman–Crippen LogP) is 3.17. The molecular formula is C9H14BrN3S. The average Bonchev–Trinajstić information content (AvgIpc) is 2.06. The highest BCUT2D eigenvalue weighted by atomic mass is 79.9. The predicted molar refractivity (Wildman–Crippen MR) is 64.9 cm³/mol. The topological polar surface area (TPSA) is 37.8 Å². The minimum atomic E-state index is 0.155. The highest BCUT2D eigenvalue weighted by molar-refractivity contribution is 9.10. The van der Waals surface area contributed by atoms with Crippen LogP contribution in [0.1, 0.15) is 20.8 Å². The molecule has 1 rings (SSSR count). The van der Waals surface area contributed by atoms with Crippen LogP contribution in [0.3, 0.4) is 0 Å².